The number of nitrogens with one attached hydrogen (secondary N) is 1. The SMILES string of the molecule is COc1cccc(CC(=O)OCC(=O)Nc2ccc(N3CCCCC3)cc2)c1. The van der Waals surface area contributed by atoms with Crippen molar-refractivity contribution in [2.75, 3.05) is 37.0 Å². The first-order chi connectivity index (χ1) is 13.6. The van der Waals surface area contributed by atoms with Crippen molar-refractivity contribution in [2.24, 2.45) is 0 Å². The first kappa shape index (κ1) is 19.7. The molecule has 1 saturated heterocycles. The van der Waals surface area contributed by atoms with Gasteiger partial charge in [0.2, 0.25) is 0 Å². The van der Waals surface area contributed by atoms with Crippen LogP contribution in [0.3, 0.4) is 0 Å². The number of nitrogens with zero attached hydrogens (tertiary/aromatic N) is 1. The smallest absolute Gasteiger partial charge is 0.310 e. The lowest BCUT2D eigenvalue weighted by Crippen LogP contribution is -2.29. The molecular weight excluding hydrogens is 356 g/mol. The number of anilines is 2. The summed E-state index contributed by atoms with van der Waals surface area (Å²) in [4.78, 5) is 26.3. The van der Waals surface area contributed by atoms with Crippen LogP contribution in [0.15, 0.2) is 48.5 Å². The van der Waals surface area contributed by atoms with Gasteiger partial charge < -0.3 is 19.7 Å². The summed E-state index contributed by atoms with van der Waals surface area (Å²) in [6.45, 7) is 1.85. The van der Waals surface area contributed by atoms with E-state index in [0.717, 1.165) is 18.7 Å². The average Bonchev–Trinajstić information content (AvgIpc) is 2.73. The highest BCUT2D eigenvalue weighted by Gasteiger charge is 2.12. The molecule has 0 spiro atoms. The van der Waals surface area contributed by atoms with Crippen LogP contribution in [0.25, 0.3) is 0 Å². The zero-order chi connectivity index (χ0) is 19.8. The Bertz CT molecular complexity index is 798. The van der Waals surface area contributed by atoms with Crippen LogP contribution >= 0.6 is 0 Å². The van der Waals surface area contributed by atoms with Crippen LogP contribution < -0.4 is 15.0 Å². The Morgan fingerprint density at radius 3 is 2.50 bits per heavy atom. The van der Waals surface area contributed by atoms with Crippen LogP contribution in [0.2, 0.25) is 0 Å². The van der Waals surface area contributed by atoms with Crippen molar-refractivity contribution < 1.29 is 19.1 Å². The van der Waals surface area contributed by atoms with Gasteiger partial charge >= 0.3 is 5.97 Å². The first-order valence-electron chi connectivity index (χ1n) is 9.57. The highest BCUT2D eigenvalue weighted by Crippen LogP contribution is 2.21. The van der Waals surface area contributed by atoms with Gasteiger partial charge in [0.1, 0.15) is 5.75 Å². The van der Waals surface area contributed by atoms with E-state index >= 15 is 0 Å². The molecule has 0 bridgehead atoms. The molecule has 28 heavy (non-hydrogen) atoms. The van der Waals surface area contributed by atoms with E-state index in [-0.39, 0.29) is 18.9 Å². The fraction of sp³-hybridized carbons (Fsp3) is 0.364. The van der Waals surface area contributed by atoms with Gasteiger partial charge in [0.15, 0.2) is 6.61 Å². The van der Waals surface area contributed by atoms with Gasteiger partial charge in [0.05, 0.1) is 13.5 Å². The number of rotatable bonds is 7. The number of hydrogen-bond donors (Lipinski definition) is 1. The number of amides is 1. The maximum absolute atomic E-state index is 12.0. The zero-order valence-electron chi connectivity index (χ0n) is 16.1. The predicted molar refractivity (Wildman–Crippen MR) is 109 cm³/mol. The molecular formula is C22H26N2O4. The highest BCUT2D eigenvalue weighted by molar-refractivity contribution is 5.93. The topological polar surface area (TPSA) is 67.9 Å². The van der Waals surface area contributed by atoms with Crippen LogP contribution in [0, 0.1) is 0 Å². The first-order valence-corrected chi connectivity index (χ1v) is 9.57. The van der Waals surface area contributed by atoms with E-state index < -0.39 is 5.97 Å². The molecule has 1 N–H and O–H groups in total. The standard InChI is InChI=1S/C22H26N2O4/c1-27-20-7-5-6-17(14-20)15-22(26)28-16-21(25)23-18-8-10-19(11-9-18)24-12-3-2-4-13-24/h5-11,14H,2-4,12-13,15-16H2,1H3,(H,23,25). The molecule has 0 atom stereocenters. The van der Waals surface area contributed by atoms with Gasteiger partial charge in [-0.15, -0.1) is 0 Å². The van der Waals surface area contributed by atoms with Gasteiger partial charge in [0, 0.05) is 24.5 Å². The molecule has 0 saturated carbocycles. The zero-order valence-corrected chi connectivity index (χ0v) is 16.1. The van der Waals surface area contributed by atoms with Crippen LogP contribution in [0.1, 0.15) is 24.8 Å². The number of ether oxygens (including phenoxy) is 2. The summed E-state index contributed by atoms with van der Waals surface area (Å²) in [5.74, 6) is -0.135. The van der Waals surface area contributed by atoms with Gasteiger partial charge in [-0.3, -0.25) is 9.59 Å². The largest absolute Gasteiger partial charge is 0.497 e. The van der Waals surface area contributed by atoms with E-state index in [0.29, 0.717) is 11.4 Å². The lowest BCUT2D eigenvalue weighted by atomic mass is 10.1. The molecule has 1 aliphatic heterocycles. The van der Waals surface area contributed by atoms with Gasteiger partial charge in [-0.2, -0.15) is 0 Å². The second-order valence-electron chi connectivity index (χ2n) is 6.83. The molecule has 6 nitrogen and oxygen atoms in total. The number of methoxy groups -OCH3 is 1. The number of piperidine rings is 1. The van der Waals surface area contributed by atoms with E-state index in [1.807, 2.05) is 36.4 Å². The molecule has 0 unspecified atom stereocenters. The van der Waals surface area contributed by atoms with Crippen molar-refractivity contribution in [3.05, 3.63) is 54.1 Å². The third-order valence-corrected chi connectivity index (χ3v) is 4.72. The van der Waals surface area contributed by atoms with Gasteiger partial charge in [0.25, 0.3) is 5.91 Å². The summed E-state index contributed by atoms with van der Waals surface area (Å²) in [5.41, 5.74) is 2.63. The van der Waals surface area contributed by atoms with Crippen molar-refractivity contribution in [2.45, 2.75) is 25.7 Å². The minimum absolute atomic E-state index is 0.0923. The molecule has 2 aromatic rings. The lowest BCUT2D eigenvalue weighted by Gasteiger charge is -2.28. The van der Waals surface area contributed by atoms with E-state index in [4.69, 9.17) is 9.47 Å². The van der Waals surface area contributed by atoms with Crippen LogP contribution in [-0.4, -0.2) is 38.7 Å². The summed E-state index contributed by atoms with van der Waals surface area (Å²) >= 11 is 0. The Morgan fingerprint density at radius 1 is 1.04 bits per heavy atom. The minimum atomic E-state index is -0.455. The Kier molecular flexibility index (Phi) is 6.89. The fourth-order valence-electron chi connectivity index (χ4n) is 3.25. The fourth-order valence-corrected chi connectivity index (χ4v) is 3.25. The molecule has 2 aromatic carbocycles. The Labute approximate surface area is 165 Å². The van der Waals surface area contributed by atoms with Crippen LogP contribution in [0.5, 0.6) is 5.75 Å². The Morgan fingerprint density at radius 2 is 1.79 bits per heavy atom. The minimum Gasteiger partial charge on any atom is -0.497 e. The summed E-state index contributed by atoms with van der Waals surface area (Å²) in [5, 5.41) is 2.75. The van der Waals surface area contributed by atoms with Crippen molar-refractivity contribution in [3.63, 3.8) is 0 Å². The maximum Gasteiger partial charge on any atom is 0.310 e. The predicted octanol–water partition coefficient (Wildman–Crippen LogP) is 3.41. The number of carbonyl (C=O) groups excluding carboxylic acids is 2. The van der Waals surface area contributed by atoms with Crippen LogP contribution in [-0.2, 0) is 20.7 Å². The molecule has 0 aliphatic carbocycles. The molecule has 1 aliphatic rings. The van der Waals surface area contributed by atoms with Crippen molar-refractivity contribution in [1.29, 1.82) is 0 Å². The third kappa shape index (κ3) is 5.74. The average molecular weight is 382 g/mol. The molecule has 0 radical (unpaired) electrons. The van der Waals surface area contributed by atoms with Gasteiger partial charge in [-0.1, -0.05) is 12.1 Å². The summed E-state index contributed by atoms with van der Waals surface area (Å²) in [6.07, 6.45) is 3.83. The second-order valence-corrected chi connectivity index (χ2v) is 6.83. The number of carbonyl (C=O) groups is 2. The molecule has 1 fully saturated rings. The second kappa shape index (κ2) is 9.78. The van der Waals surface area contributed by atoms with E-state index in [9.17, 15) is 9.59 Å². The Hall–Kier alpha value is -3.02. The Balaban J connectivity index is 1.44. The van der Waals surface area contributed by atoms with Crippen molar-refractivity contribution >= 4 is 23.3 Å². The molecule has 1 amide bonds. The van der Waals surface area contributed by atoms with Crippen LogP contribution in [0.4, 0.5) is 11.4 Å². The third-order valence-electron chi connectivity index (χ3n) is 4.72. The summed E-state index contributed by atoms with van der Waals surface area (Å²) < 4.78 is 10.2. The number of hydrogen-bond acceptors (Lipinski definition) is 5. The maximum atomic E-state index is 12.0. The highest BCUT2D eigenvalue weighted by atomic mass is 16.5. The van der Waals surface area contributed by atoms with Crippen molar-refractivity contribution in [3.8, 4) is 5.75 Å². The van der Waals surface area contributed by atoms with E-state index in [1.54, 1.807) is 19.2 Å². The van der Waals surface area contributed by atoms with Gasteiger partial charge in [-0.25, -0.2) is 0 Å². The molecule has 6 heteroatoms. The quantitative estimate of drug-likeness (QED) is 0.744. The summed E-state index contributed by atoms with van der Waals surface area (Å²) in [7, 11) is 1.57. The molecule has 1 heterocycles. The number of esters is 1. The van der Waals surface area contributed by atoms with Crippen molar-refractivity contribution in [1.82, 2.24) is 0 Å². The number of benzene rings is 2. The van der Waals surface area contributed by atoms with E-state index in [2.05, 4.69) is 10.2 Å². The molecule has 148 valence electrons. The summed E-state index contributed by atoms with van der Waals surface area (Å²) in [6, 6.07) is 15.0. The molecule has 0 aromatic heterocycles. The molecule has 3 rings (SSSR count). The monoisotopic (exact) mass is 382 g/mol. The normalized spacial score (nSPS) is 13.7. The van der Waals surface area contributed by atoms with Gasteiger partial charge in [-0.05, 0) is 61.2 Å². The lowest BCUT2D eigenvalue weighted by molar-refractivity contribution is -0.146. The van der Waals surface area contributed by atoms with E-state index in [1.165, 1.54) is 24.9 Å².